The van der Waals surface area contributed by atoms with Crippen LogP contribution in [0.3, 0.4) is 0 Å². The molecule has 0 fully saturated rings. The highest BCUT2D eigenvalue weighted by molar-refractivity contribution is 7.98. The Morgan fingerprint density at radius 3 is 2.52 bits per heavy atom. The lowest BCUT2D eigenvalue weighted by atomic mass is 10.2. The lowest BCUT2D eigenvalue weighted by Gasteiger charge is -2.22. The highest BCUT2D eigenvalue weighted by atomic mass is 32.2. The molecule has 0 aliphatic rings. The molecule has 0 saturated heterocycles. The van der Waals surface area contributed by atoms with Gasteiger partial charge in [0.2, 0.25) is 0 Å². The van der Waals surface area contributed by atoms with Crippen LogP contribution in [0.2, 0.25) is 0 Å². The maximum Gasteiger partial charge on any atom is 0.260 e. The Kier molecular flexibility index (Phi) is 6.36. The molecular formula is C20H23N3O2S2. The van der Waals surface area contributed by atoms with Crippen molar-refractivity contribution in [3.05, 3.63) is 48.0 Å². The van der Waals surface area contributed by atoms with E-state index in [0.717, 1.165) is 27.4 Å². The van der Waals surface area contributed by atoms with Crippen molar-refractivity contribution in [3.63, 3.8) is 0 Å². The Balaban J connectivity index is 1.95. The summed E-state index contributed by atoms with van der Waals surface area (Å²) in [6.45, 7) is 1.33. The summed E-state index contributed by atoms with van der Waals surface area (Å²) in [6, 6.07) is 13.5. The molecule has 0 saturated carbocycles. The first-order valence-electron chi connectivity index (χ1n) is 8.57. The van der Waals surface area contributed by atoms with Crippen molar-refractivity contribution in [1.82, 2.24) is 9.88 Å². The quantitative estimate of drug-likeness (QED) is 0.554. The SMILES string of the molecule is COc1ccc2nc(N(CCN(C)C)C(=O)c3ccc(SC)cc3)sc2c1. The van der Waals surface area contributed by atoms with Crippen LogP contribution in [-0.2, 0) is 0 Å². The molecule has 0 bridgehead atoms. The van der Waals surface area contributed by atoms with Crippen LogP contribution in [0.1, 0.15) is 10.4 Å². The number of likely N-dealkylation sites (N-methyl/N-ethyl adjacent to an activating group) is 1. The molecule has 0 aliphatic heterocycles. The van der Waals surface area contributed by atoms with E-state index in [1.807, 2.05) is 62.8 Å². The number of thiazole rings is 1. The van der Waals surface area contributed by atoms with E-state index < -0.39 is 0 Å². The molecule has 0 spiro atoms. The number of anilines is 1. The van der Waals surface area contributed by atoms with Gasteiger partial charge in [-0.3, -0.25) is 9.69 Å². The Labute approximate surface area is 168 Å². The van der Waals surface area contributed by atoms with Crippen molar-refractivity contribution >= 4 is 44.4 Å². The van der Waals surface area contributed by atoms with Crippen LogP contribution >= 0.6 is 23.1 Å². The second-order valence-corrected chi connectivity index (χ2v) is 8.21. The lowest BCUT2D eigenvalue weighted by molar-refractivity contribution is 0.0985. The van der Waals surface area contributed by atoms with Crippen molar-refractivity contribution in [1.29, 1.82) is 0 Å². The Morgan fingerprint density at radius 2 is 1.89 bits per heavy atom. The molecule has 142 valence electrons. The first kappa shape index (κ1) is 19.7. The van der Waals surface area contributed by atoms with Crippen LogP contribution in [0.5, 0.6) is 5.75 Å². The zero-order valence-electron chi connectivity index (χ0n) is 15.9. The van der Waals surface area contributed by atoms with E-state index in [1.54, 1.807) is 23.8 Å². The summed E-state index contributed by atoms with van der Waals surface area (Å²) in [5, 5.41) is 0.707. The van der Waals surface area contributed by atoms with Gasteiger partial charge in [0.25, 0.3) is 5.91 Å². The number of carbonyl (C=O) groups is 1. The van der Waals surface area contributed by atoms with Crippen LogP contribution in [0.15, 0.2) is 47.4 Å². The molecule has 0 N–H and O–H groups in total. The zero-order valence-corrected chi connectivity index (χ0v) is 17.6. The molecule has 3 aromatic rings. The predicted octanol–water partition coefficient (Wildman–Crippen LogP) is 4.24. The fourth-order valence-electron chi connectivity index (χ4n) is 2.61. The van der Waals surface area contributed by atoms with Gasteiger partial charge in [0.05, 0.1) is 17.3 Å². The number of methoxy groups -OCH3 is 1. The first-order chi connectivity index (χ1) is 13.0. The van der Waals surface area contributed by atoms with E-state index >= 15 is 0 Å². The minimum absolute atomic E-state index is 0.0319. The third kappa shape index (κ3) is 4.61. The predicted molar refractivity (Wildman–Crippen MR) is 115 cm³/mol. The standard InChI is InChI=1S/C20H23N3O2S2/c1-22(2)11-12-23(19(24)14-5-8-16(26-4)9-6-14)20-21-17-10-7-15(25-3)13-18(17)27-20/h5-10,13H,11-12H2,1-4H3. The van der Waals surface area contributed by atoms with Gasteiger partial charge in [-0.1, -0.05) is 11.3 Å². The molecule has 0 aliphatic carbocycles. The number of aromatic nitrogens is 1. The fourth-order valence-corrected chi connectivity index (χ4v) is 4.04. The topological polar surface area (TPSA) is 45.7 Å². The Bertz CT molecular complexity index is 923. The molecule has 0 unspecified atom stereocenters. The zero-order chi connectivity index (χ0) is 19.4. The number of ether oxygens (including phenoxy) is 1. The number of carbonyl (C=O) groups excluding carboxylic acids is 1. The van der Waals surface area contributed by atoms with Crippen LogP contribution < -0.4 is 9.64 Å². The van der Waals surface area contributed by atoms with E-state index in [1.165, 1.54) is 11.3 Å². The van der Waals surface area contributed by atoms with Crippen LogP contribution in [0, 0.1) is 0 Å². The summed E-state index contributed by atoms with van der Waals surface area (Å²) >= 11 is 3.17. The summed E-state index contributed by atoms with van der Waals surface area (Å²) in [7, 11) is 5.65. The van der Waals surface area contributed by atoms with Crippen LogP contribution in [-0.4, -0.2) is 56.3 Å². The van der Waals surface area contributed by atoms with Gasteiger partial charge >= 0.3 is 0 Å². The normalized spacial score (nSPS) is 11.1. The van der Waals surface area contributed by atoms with E-state index in [-0.39, 0.29) is 5.91 Å². The molecule has 27 heavy (non-hydrogen) atoms. The van der Waals surface area contributed by atoms with Crippen molar-refractivity contribution in [3.8, 4) is 5.75 Å². The summed E-state index contributed by atoms with van der Waals surface area (Å²) in [4.78, 5) is 22.9. The third-order valence-corrected chi connectivity index (χ3v) is 5.95. The maximum absolute atomic E-state index is 13.2. The highest BCUT2D eigenvalue weighted by Gasteiger charge is 2.21. The van der Waals surface area contributed by atoms with E-state index in [0.29, 0.717) is 17.2 Å². The number of thioether (sulfide) groups is 1. The van der Waals surface area contributed by atoms with Gasteiger partial charge in [0.1, 0.15) is 5.75 Å². The van der Waals surface area contributed by atoms with Gasteiger partial charge < -0.3 is 9.64 Å². The molecule has 2 aromatic carbocycles. The van der Waals surface area contributed by atoms with Gasteiger partial charge in [-0.05, 0) is 62.8 Å². The molecule has 5 nitrogen and oxygen atoms in total. The molecule has 0 atom stereocenters. The molecule has 7 heteroatoms. The van der Waals surface area contributed by atoms with Crippen molar-refractivity contribution < 1.29 is 9.53 Å². The second kappa shape index (κ2) is 8.73. The van der Waals surface area contributed by atoms with Gasteiger partial charge in [-0.15, -0.1) is 11.8 Å². The summed E-state index contributed by atoms with van der Waals surface area (Å²) in [5.41, 5.74) is 1.54. The van der Waals surface area contributed by atoms with Crippen molar-refractivity contribution in [2.24, 2.45) is 0 Å². The number of nitrogens with zero attached hydrogens (tertiary/aromatic N) is 3. The Hall–Kier alpha value is -2.09. The van der Waals surface area contributed by atoms with Crippen molar-refractivity contribution in [2.75, 3.05) is 45.5 Å². The smallest absolute Gasteiger partial charge is 0.260 e. The highest BCUT2D eigenvalue weighted by Crippen LogP contribution is 2.32. The Morgan fingerprint density at radius 1 is 1.15 bits per heavy atom. The van der Waals surface area contributed by atoms with Gasteiger partial charge in [0.15, 0.2) is 5.13 Å². The van der Waals surface area contributed by atoms with Crippen molar-refractivity contribution in [2.45, 2.75) is 4.90 Å². The monoisotopic (exact) mass is 401 g/mol. The molecule has 3 rings (SSSR count). The van der Waals surface area contributed by atoms with Gasteiger partial charge in [0, 0.05) is 23.5 Å². The first-order valence-corrected chi connectivity index (χ1v) is 10.6. The van der Waals surface area contributed by atoms with E-state index in [9.17, 15) is 4.79 Å². The lowest BCUT2D eigenvalue weighted by Crippen LogP contribution is -2.36. The summed E-state index contributed by atoms with van der Waals surface area (Å²) < 4.78 is 6.30. The molecular weight excluding hydrogens is 378 g/mol. The number of amides is 1. The minimum atomic E-state index is -0.0319. The number of benzene rings is 2. The third-order valence-electron chi connectivity index (χ3n) is 4.17. The number of hydrogen-bond acceptors (Lipinski definition) is 6. The number of hydrogen-bond donors (Lipinski definition) is 0. The fraction of sp³-hybridized carbons (Fsp3) is 0.300. The number of rotatable bonds is 7. The molecule has 1 amide bonds. The van der Waals surface area contributed by atoms with Gasteiger partial charge in [-0.2, -0.15) is 0 Å². The average molecular weight is 402 g/mol. The summed E-state index contributed by atoms with van der Waals surface area (Å²) in [5.74, 6) is 0.757. The molecule has 1 heterocycles. The average Bonchev–Trinajstić information content (AvgIpc) is 3.10. The minimum Gasteiger partial charge on any atom is -0.497 e. The van der Waals surface area contributed by atoms with Gasteiger partial charge in [-0.25, -0.2) is 4.98 Å². The van der Waals surface area contributed by atoms with Crippen LogP contribution in [0.4, 0.5) is 5.13 Å². The molecule has 0 radical (unpaired) electrons. The van der Waals surface area contributed by atoms with E-state index in [4.69, 9.17) is 9.72 Å². The number of fused-ring (bicyclic) bond motifs is 1. The summed E-state index contributed by atoms with van der Waals surface area (Å²) in [6.07, 6.45) is 2.02. The van der Waals surface area contributed by atoms with E-state index in [2.05, 4.69) is 4.90 Å². The molecule has 1 aromatic heterocycles. The largest absolute Gasteiger partial charge is 0.497 e. The van der Waals surface area contributed by atoms with Crippen LogP contribution in [0.25, 0.3) is 10.2 Å². The maximum atomic E-state index is 13.2. The second-order valence-electron chi connectivity index (χ2n) is 6.32.